The van der Waals surface area contributed by atoms with Gasteiger partial charge in [-0.1, -0.05) is 6.07 Å². The van der Waals surface area contributed by atoms with Gasteiger partial charge in [0.05, 0.1) is 12.2 Å². The van der Waals surface area contributed by atoms with Crippen molar-refractivity contribution in [3.8, 4) is 0 Å². The summed E-state index contributed by atoms with van der Waals surface area (Å²) in [6, 6.07) is 8.06. The summed E-state index contributed by atoms with van der Waals surface area (Å²) >= 11 is 5.83. The molecule has 2 heterocycles. The third-order valence-electron chi connectivity index (χ3n) is 3.02. The third-order valence-corrected chi connectivity index (χ3v) is 3.33. The third kappa shape index (κ3) is 3.44. The molecule has 0 saturated carbocycles. The van der Waals surface area contributed by atoms with Crippen LogP contribution in [-0.4, -0.2) is 16.5 Å². The van der Waals surface area contributed by atoms with E-state index in [1.165, 1.54) is 0 Å². The van der Waals surface area contributed by atoms with Gasteiger partial charge in [-0.3, -0.25) is 4.98 Å². The van der Waals surface area contributed by atoms with Crippen LogP contribution in [0.3, 0.4) is 0 Å². The molecule has 3 nitrogen and oxygen atoms in total. The van der Waals surface area contributed by atoms with E-state index in [1.807, 2.05) is 30.6 Å². The summed E-state index contributed by atoms with van der Waals surface area (Å²) in [5.41, 5.74) is 3.25. The Hall–Kier alpha value is -1.61. The molecule has 0 aliphatic heterocycles. The Labute approximate surface area is 119 Å². The Kier molecular flexibility index (Phi) is 4.74. The molecular weight excluding hydrogens is 258 g/mol. The summed E-state index contributed by atoms with van der Waals surface area (Å²) in [5, 5.41) is 0. The summed E-state index contributed by atoms with van der Waals surface area (Å²) in [7, 11) is 0. The van der Waals surface area contributed by atoms with Gasteiger partial charge in [0, 0.05) is 24.8 Å². The Balaban J connectivity index is 2.22. The molecule has 0 unspecified atom stereocenters. The van der Waals surface area contributed by atoms with Crippen LogP contribution in [0.2, 0.25) is 0 Å². The zero-order chi connectivity index (χ0) is 13.7. The van der Waals surface area contributed by atoms with E-state index >= 15 is 0 Å². The molecule has 0 amide bonds. The van der Waals surface area contributed by atoms with Crippen molar-refractivity contribution in [1.29, 1.82) is 0 Å². The lowest BCUT2D eigenvalue weighted by molar-refractivity contribution is 0.789. The maximum Gasteiger partial charge on any atom is 0.131 e. The molecule has 0 bridgehead atoms. The molecular formula is C15H18ClN3. The van der Waals surface area contributed by atoms with E-state index in [0.29, 0.717) is 5.88 Å². The minimum Gasteiger partial charge on any atom is -0.351 e. The number of rotatable bonds is 5. The first-order chi connectivity index (χ1) is 9.24. The fourth-order valence-electron chi connectivity index (χ4n) is 2.05. The Bertz CT molecular complexity index is 528. The second-order valence-corrected chi connectivity index (χ2v) is 4.72. The number of anilines is 1. The van der Waals surface area contributed by atoms with Gasteiger partial charge in [-0.05, 0) is 43.2 Å². The monoisotopic (exact) mass is 275 g/mol. The van der Waals surface area contributed by atoms with Crippen LogP contribution in [0, 0.1) is 6.92 Å². The molecule has 0 radical (unpaired) electrons. The van der Waals surface area contributed by atoms with E-state index < -0.39 is 0 Å². The number of alkyl halides is 1. The number of halogens is 1. The highest BCUT2D eigenvalue weighted by Crippen LogP contribution is 2.20. The molecule has 0 fully saturated rings. The smallest absolute Gasteiger partial charge is 0.131 e. The number of nitrogens with zero attached hydrogens (tertiary/aromatic N) is 3. The van der Waals surface area contributed by atoms with E-state index in [9.17, 15) is 0 Å². The van der Waals surface area contributed by atoms with Crippen LogP contribution >= 0.6 is 11.6 Å². The molecule has 2 aromatic heterocycles. The summed E-state index contributed by atoms with van der Waals surface area (Å²) < 4.78 is 0. The van der Waals surface area contributed by atoms with E-state index in [4.69, 9.17) is 11.6 Å². The first-order valence-corrected chi connectivity index (χ1v) is 6.94. The fourth-order valence-corrected chi connectivity index (χ4v) is 2.20. The average molecular weight is 276 g/mol. The standard InChI is InChI=1S/C15H18ClN3/c1-3-19(11-14-6-4-5-7-17-14)15-12(2)8-13(9-16)10-18-15/h4-8,10H,3,9,11H2,1-2H3. The zero-order valence-electron chi connectivity index (χ0n) is 11.3. The van der Waals surface area contributed by atoms with Gasteiger partial charge in [-0.25, -0.2) is 4.98 Å². The lowest BCUT2D eigenvalue weighted by Crippen LogP contribution is -2.24. The van der Waals surface area contributed by atoms with E-state index in [-0.39, 0.29) is 0 Å². The van der Waals surface area contributed by atoms with Crippen LogP contribution in [0.25, 0.3) is 0 Å². The molecule has 4 heteroatoms. The average Bonchev–Trinajstić information content (AvgIpc) is 2.46. The lowest BCUT2D eigenvalue weighted by Gasteiger charge is -2.23. The van der Waals surface area contributed by atoms with E-state index in [2.05, 4.69) is 34.8 Å². The number of hydrogen-bond donors (Lipinski definition) is 0. The SMILES string of the molecule is CCN(Cc1ccccn1)c1ncc(CCl)cc1C. The highest BCUT2D eigenvalue weighted by molar-refractivity contribution is 6.17. The van der Waals surface area contributed by atoms with Gasteiger partial charge in [-0.2, -0.15) is 0 Å². The van der Waals surface area contributed by atoms with Crippen molar-refractivity contribution in [3.63, 3.8) is 0 Å². The van der Waals surface area contributed by atoms with Gasteiger partial charge >= 0.3 is 0 Å². The van der Waals surface area contributed by atoms with Crippen LogP contribution in [0.15, 0.2) is 36.7 Å². The first-order valence-electron chi connectivity index (χ1n) is 6.41. The molecule has 0 aliphatic carbocycles. The molecule has 100 valence electrons. The molecule has 0 aliphatic rings. The van der Waals surface area contributed by atoms with Crippen LogP contribution in [0.1, 0.15) is 23.7 Å². The highest BCUT2D eigenvalue weighted by atomic mass is 35.5. The lowest BCUT2D eigenvalue weighted by atomic mass is 10.2. The summed E-state index contributed by atoms with van der Waals surface area (Å²) in [6.45, 7) is 5.86. The molecule has 2 aromatic rings. The van der Waals surface area contributed by atoms with Crippen LogP contribution in [-0.2, 0) is 12.4 Å². The normalized spacial score (nSPS) is 10.5. The largest absolute Gasteiger partial charge is 0.351 e. The van der Waals surface area contributed by atoms with Crippen molar-refractivity contribution in [2.75, 3.05) is 11.4 Å². The van der Waals surface area contributed by atoms with Gasteiger partial charge in [0.1, 0.15) is 5.82 Å². The number of aromatic nitrogens is 2. The van der Waals surface area contributed by atoms with Crippen LogP contribution < -0.4 is 4.90 Å². The van der Waals surface area contributed by atoms with E-state index in [1.54, 1.807) is 0 Å². The minimum atomic E-state index is 0.500. The van der Waals surface area contributed by atoms with Gasteiger partial charge in [-0.15, -0.1) is 11.6 Å². The van der Waals surface area contributed by atoms with Crippen molar-refractivity contribution in [2.45, 2.75) is 26.3 Å². The zero-order valence-corrected chi connectivity index (χ0v) is 12.1. The van der Waals surface area contributed by atoms with Crippen molar-refractivity contribution in [1.82, 2.24) is 9.97 Å². The Morgan fingerprint density at radius 3 is 2.68 bits per heavy atom. The summed E-state index contributed by atoms with van der Waals surface area (Å²) in [5.74, 6) is 1.50. The minimum absolute atomic E-state index is 0.500. The predicted molar refractivity (Wildman–Crippen MR) is 79.5 cm³/mol. The van der Waals surface area contributed by atoms with E-state index in [0.717, 1.165) is 35.7 Å². The first kappa shape index (κ1) is 13.8. The molecule has 0 atom stereocenters. The Morgan fingerprint density at radius 1 is 1.26 bits per heavy atom. The molecule has 2 rings (SSSR count). The highest BCUT2D eigenvalue weighted by Gasteiger charge is 2.10. The molecule has 0 spiro atoms. The molecule has 0 N–H and O–H groups in total. The second kappa shape index (κ2) is 6.53. The maximum atomic E-state index is 5.83. The van der Waals surface area contributed by atoms with Gasteiger partial charge < -0.3 is 4.90 Å². The van der Waals surface area contributed by atoms with Crippen LogP contribution in [0.4, 0.5) is 5.82 Å². The maximum absolute atomic E-state index is 5.83. The molecule has 19 heavy (non-hydrogen) atoms. The fraction of sp³-hybridized carbons (Fsp3) is 0.333. The molecule has 0 aromatic carbocycles. The summed E-state index contributed by atoms with van der Waals surface area (Å²) in [4.78, 5) is 11.1. The van der Waals surface area contributed by atoms with Gasteiger partial charge in [0.15, 0.2) is 0 Å². The molecule has 0 saturated heterocycles. The van der Waals surface area contributed by atoms with Crippen molar-refractivity contribution in [2.24, 2.45) is 0 Å². The topological polar surface area (TPSA) is 29.0 Å². The van der Waals surface area contributed by atoms with Crippen molar-refractivity contribution in [3.05, 3.63) is 53.5 Å². The summed E-state index contributed by atoms with van der Waals surface area (Å²) in [6.07, 6.45) is 3.66. The second-order valence-electron chi connectivity index (χ2n) is 4.45. The number of pyridine rings is 2. The van der Waals surface area contributed by atoms with Gasteiger partial charge in [0.2, 0.25) is 0 Å². The predicted octanol–water partition coefficient (Wildman–Crippen LogP) is 3.55. The number of aryl methyl sites for hydroxylation is 1. The van der Waals surface area contributed by atoms with Gasteiger partial charge in [0.25, 0.3) is 0 Å². The van der Waals surface area contributed by atoms with Crippen molar-refractivity contribution >= 4 is 17.4 Å². The number of hydrogen-bond acceptors (Lipinski definition) is 3. The Morgan fingerprint density at radius 2 is 2.11 bits per heavy atom. The quantitative estimate of drug-likeness (QED) is 0.782. The van der Waals surface area contributed by atoms with Crippen molar-refractivity contribution < 1.29 is 0 Å². The van der Waals surface area contributed by atoms with Crippen LogP contribution in [0.5, 0.6) is 0 Å².